The first-order valence-electron chi connectivity index (χ1n) is 8.59. The van der Waals surface area contributed by atoms with Gasteiger partial charge in [-0.15, -0.1) is 0 Å². The molecule has 9 nitrogen and oxygen atoms in total. The van der Waals surface area contributed by atoms with Crippen LogP contribution in [0.3, 0.4) is 0 Å². The van der Waals surface area contributed by atoms with Crippen LogP contribution in [0.4, 0.5) is 5.69 Å². The third-order valence-corrected chi connectivity index (χ3v) is 4.49. The van der Waals surface area contributed by atoms with Gasteiger partial charge in [-0.2, -0.15) is 5.10 Å². The average molecular weight is 474 g/mol. The van der Waals surface area contributed by atoms with Crippen molar-refractivity contribution in [2.75, 3.05) is 13.7 Å². The number of benzene rings is 2. The number of hydrazone groups is 1. The van der Waals surface area contributed by atoms with Gasteiger partial charge in [0, 0.05) is 17.7 Å². The molecule has 1 amide bonds. The normalized spacial score (nSPS) is 10.7. The first-order valence-corrected chi connectivity index (χ1v) is 9.38. The molecule has 0 atom stereocenters. The van der Waals surface area contributed by atoms with Crippen LogP contribution in [0.25, 0.3) is 11.3 Å². The zero-order valence-corrected chi connectivity index (χ0v) is 17.3. The Morgan fingerprint density at radius 3 is 2.67 bits per heavy atom. The fourth-order valence-corrected chi connectivity index (χ4v) is 2.87. The summed E-state index contributed by atoms with van der Waals surface area (Å²) in [6.07, 6.45) is 1.34. The number of ether oxygens (including phenoxy) is 2. The number of nitrogens with one attached hydrogen (secondary N) is 1. The van der Waals surface area contributed by atoms with Crippen LogP contribution in [-0.4, -0.2) is 30.8 Å². The largest absolute Gasteiger partial charge is 0.497 e. The number of hydrogen-bond donors (Lipinski definition) is 1. The van der Waals surface area contributed by atoms with E-state index in [1.165, 1.54) is 18.3 Å². The highest BCUT2D eigenvalue weighted by atomic mass is 79.9. The van der Waals surface area contributed by atoms with Crippen molar-refractivity contribution in [3.63, 3.8) is 0 Å². The molecule has 0 saturated heterocycles. The summed E-state index contributed by atoms with van der Waals surface area (Å²) < 4.78 is 16.8. The minimum absolute atomic E-state index is 0.00121. The quantitative estimate of drug-likeness (QED) is 0.298. The zero-order chi connectivity index (χ0) is 21.5. The number of nitrogens with zero attached hydrogens (tertiary/aromatic N) is 2. The van der Waals surface area contributed by atoms with Gasteiger partial charge in [0.05, 0.1) is 22.7 Å². The number of hydrogen-bond acceptors (Lipinski definition) is 7. The molecule has 0 aliphatic rings. The van der Waals surface area contributed by atoms with Crippen molar-refractivity contribution in [3.05, 3.63) is 74.9 Å². The maximum atomic E-state index is 11.9. The van der Waals surface area contributed by atoms with Gasteiger partial charge in [0.25, 0.3) is 11.6 Å². The summed E-state index contributed by atoms with van der Waals surface area (Å²) in [6.45, 7) is -0.228. The Bertz CT molecular complexity index is 1080. The maximum absolute atomic E-state index is 11.9. The number of amides is 1. The van der Waals surface area contributed by atoms with Gasteiger partial charge in [-0.25, -0.2) is 5.43 Å². The second-order valence-corrected chi connectivity index (χ2v) is 6.74. The molecule has 1 aromatic heterocycles. The Morgan fingerprint density at radius 2 is 2.00 bits per heavy atom. The SMILES string of the molecule is COc1ccc(OCC(=O)NN=Cc2ccc(-c3ccc([N+](=O)[O-])cc3)o2)c(Br)c1. The highest BCUT2D eigenvalue weighted by molar-refractivity contribution is 9.10. The van der Waals surface area contributed by atoms with Crippen LogP contribution in [0.2, 0.25) is 0 Å². The molecule has 0 spiro atoms. The smallest absolute Gasteiger partial charge is 0.277 e. The van der Waals surface area contributed by atoms with Gasteiger partial charge in [-0.05, 0) is 58.4 Å². The van der Waals surface area contributed by atoms with Crippen LogP contribution in [0.5, 0.6) is 11.5 Å². The molecule has 0 saturated carbocycles. The van der Waals surface area contributed by atoms with Crippen molar-refractivity contribution in [3.8, 4) is 22.8 Å². The summed E-state index contributed by atoms with van der Waals surface area (Å²) in [6, 6.07) is 14.5. The van der Waals surface area contributed by atoms with E-state index in [-0.39, 0.29) is 12.3 Å². The molecule has 30 heavy (non-hydrogen) atoms. The second kappa shape index (κ2) is 9.70. The van der Waals surface area contributed by atoms with Gasteiger partial charge in [-0.1, -0.05) is 0 Å². The lowest BCUT2D eigenvalue weighted by Gasteiger charge is -2.08. The Labute approximate surface area is 179 Å². The number of methoxy groups -OCH3 is 1. The molecule has 1 N–H and O–H groups in total. The molecule has 0 aliphatic carbocycles. The molecular formula is C20H16BrN3O6. The summed E-state index contributed by atoms with van der Waals surface area (Å²) in [7, 11) is 1.56. The lowest BCUT2D eigenvalue weighted by atomic mass is 10.1. The lowest BCUT2D eigenvalue weighted by molar-refractivity contribution is -0.384. The van der Waals surface area contributed by atoms with Crippen molar-refractivity contribution < 1.29 is 23.6 Å². The van der Waals surface area contributed by atoms with Gasteiger partial charge >= 0.3 is 0 Å². The van der Waals surface area contributed by atoms with Crippen LogP contribution in [0.15, 0.2) is 68.6 Å². The van der Waals surface area contributed by atoms with Gasteiger partial charge in [0.2, 0.25) is 0 Å². The van der Waals surface area contributed by atoms with Crippen molar-refractivity contribution >= 4 is 33.7 Å². The van der Waals surface area contributed by atoms with Crippen LogP contribution < -0.4 is 14.9 Å². The average Bonchev–Trinajstić information content (AvgIpc) is 3.21. The van der Waals surface area contributed by atoms with E-state index in [4.69, 9.17) is 13.9 Å². The third kappa shape index (κ3) is 5.45. The van der Waals surface area contributed by atoms with Crippen LogP contribution >= 0.6 is 15.9 Å². The van der Waals surface area contributed by atoms with Gasteiger partial charge in [0.15, 0.2) is 6.61 Å². The van der Waals surface area contributed by atoms with E-state index < -0.39 is 10.8 Å². The first-order chi connectivity index (χ1) is 14.5. The molecule has 0 unspecified atom stereocenters. The Kier molecular flexibility index (Phi) is 6.81. The summed E-state index contributed by atoms with van der Waals surface area (Å²) >= 11 is 3.34. The van der Waals surface area contributed by atoms with Gasteiger partial charge < -0.3 is 13.9 Å². The second-order valence-electron chi connectivity index (χ2n) is 5.88. The number of carbonyl (C=O) groups excluding carboxylic acids is 1. The van der Waals surface area contributed by atoms with Gasteiger partial charge in [0.1, 0.15) is 23.0 Å². The predicted octanol–water partition coefficient (Wildman–Crippen LogP) is 4.16. The molecule has 3 rings (SSSR count). The Morgan fingerprint density at radius 1 is 1.23 bits per heavy atom. The molecule has 0 aliphatic heterocycles. The number of rotatable bonds is 8. The van der Waals surface area contributed by atoms with E-state index in [9.17, 15) is 14.9 Å². The van der Waals surface area contributed by atoms with E-state index in [0.717, 1.165) is 0 Å². The molecule has 0 radical (unpaired) electrons. The summed E-state index contributed by atoms with van der Waals surface area (Å²) in [5.74, 6) is 1.63. The van der Waals surface area contributed by atoms with Crippen molar-refractivity contribution in [1.29, 1.82) is 0 Å². The van der Waals surface area contributed by atoms with Crippen molar-refractivity contribution in [2.45, 2.75) is 0 Å². The van der Waals surface area contributed by atoms with Crippen LogP contribution in [0, 0.1) is 10.1 Å². The van der Waals surface area contributed by atoms with E-state index >= 15 is 0 Å². The van der Waals surface area contributed by atoms with E-state index in [1.807, 2.05) is 0 Å². The number of non-ortho nitro benzene ring substituents is 1. The van der Waals surface area contributed by atoms with E-state index in [2.05, 4.69) is 26.5 Å². The standard InChI is InChI=1S/C20H16BrN3O6/c1-28-15-6-9-19(17(21)10-15)29-12-20(25)23-22-11-16-7-8-18(30-16)13-2-4-14(5-3-13)24(26)27/h2-11H,12H2,1H3,(H,23,25). The molecule has 0 bridgehead atoms. The van der Waals surface area contributed by atoms with Crippen LogP contribution in [0.1, 0.15) is 5.76 Å². The highest BCUT2D eigenvalue weighted by Crippen LogP contribution is 2.29. The number of carbonyl (C=O) groups is 1. The molecule has 2 aromatic carbocycles. The van der Waals surface area contributed by atoms with Crippen molar-refractivity contribution in [1.82, 2.24) is 5.43 Å². The molecule has 10 heteroatoms. The Balaban J connectivity index is 1.52. The fourth-order valence-electron chi connectivity index (χ4n) is 2.39. The summed E-state index contributed by atoms with van der Waals surface area (Å²) in [5.41, 5.74) is 3.02. The fraction of sp³-hybridized carbons (Fsp3) is 0.100. The molecule has 154 valence electrons. The predicted molar refractivity (Wildman–Crippen MR) is 113 cm³/mol. The maximum Gasteiger partial charge on any atom is 0.277 e. The Hall–Kier alpha value is -3.66. The number of halogens is 1. The van der Waals surface area contributed by atoms with E-state index in [1.54, 1.807) is 49.6 Å². The zero-order valence-electron chi connectivity index (χ0n) is 15.7. The molecule has 0 fully saturated rings. The summed E-state index contributed by atoms with van der Waals surface area (Å²) in [4.78, 5) is 22.1. The highest BCUT2D eigenvalue weighted by Gasteiger charge is 2.09. The minimum Gasteiger partial charge on any atom is -0.497 e. The molecule has 3 aromatic rings. The van der Waals surface area contributed by atoms with Gasteiger partial charge in [-0.3, -0.25) is 14.9 Å². The van der Waals surface area contributed by atoms with Crippen LogP contribution in [-0.2, 0) is 4.79 Å². The third-order valence-electron chi connectivity index (χ3n) is 3.87. The van der Waals surface area contributed by atoms with Crippen molar-refractivity contribution in [2.24, 2.45) is 5.10 Å². The monoisotopic (exact) mass is 473 g/mol. The number of nitro benzene ring substituents is 1. The number of furan rings is 1. The number of nitro groups is 1. The topological polar surface area (TPSA) is 116 Å². The first kappa shape index (κ1) is 21.1. The molecular weight excluding hydrogens is 458 g/mol. The summed E-state index contributed by atoms with van der Waals surface area (Å²) in [5, 5.41) is 14.5. The van der Waals surface area contributed by atoms with E-state index in [0.29, 0.717) is 33.1 Å². The minimum atomic E-state index is -0.469. The lowest BCUT2D eigenvalue weighted by Crippen LogP contribution is -2.24. The molecule has 1 heterocycles.